The topological polar surface area (TPSA) is 43.1 Å². The minimum absolute atomic E-state index is 0.00367. The van der Waals surface area contributed by atoms with E-state index in [4.69, 9.17) is 0 Å². The normalized spacial score (nSPS) is 15.0. The molecule has 0 radical (unpaired) electrons. The second-order valence-corrected chi connectivity index (χ2v) is 6.57. The Kier molecular flexibility index (Phi) is 4.56. The number of amides is 1. The lowest BCUT2D eigenvalue weighted by molar-refractivity contribution is 0.0761. The summed E-state index contributed by atoms with van der Waals surface area (Å²) in [6, 6.07) is 9.93. The van der Waals surface area contributed by atoms with Gasteiger partial charge in [0.05, 0.1) is 11.9 Å². The van der Waals surface area contributed by atoms with Crippen molar-refractivity contribution in [2.45, 2.75) is 25.7 Å². The highest BCUT2D eigenvalue weighted by Crippen LogP contribution is 2.23. The minimum Gasteiger partial charge on any atom is -0.338 e. The number of hydrogen-bond acceptors (Lipinski definition) is 2. The summed E-state index contributed by atoms with van der Waals surface area (Å²) in [5.41, 5.74) is 1.28. The summed E-state index contributed by atoms with van der Waals surface area (Å²) >= 11 is 0. The van der Waals surface area contributed by atoms with Crippen molar-refractivity contribution in [1.82, 2.24) is 19.2 Å². The molecule has 0 saturated carbocycles. The Bertz CT molecular complexity index is 875. The zero-order valence-corrected chi connectivity index (χ0v) is 14.5. The van der Waals surface area contributed by atoms with Gasteiger partial charge in [-0.1, -0.05) is 12.8 Å². The minimum atomic E-state index is -0.302. The average Bonchev–Trinajstić information content (AvgIpc) is 3.25. The number of rotatable bonds is 3. The number of benzene rings is 1. The Labute approximate surface area is 151 Å². The number of halogens is 1. The van der Waals surface area contributed by atoms with E-state index in [1.807, 2.05) is 34.0 Å². The van der Waals surface area contributed by atoms with Crippen LogP contribution in [0.2, 0.25) is 0 Å². The molecule has 3 heterocycles. The lowest BCUT2D eigenvalue weighted by Crippen LogP contribution is -2.32. The van der Waals surface area contributed by atoms with Crippen molar-refractivity contribution in [1.29, 1.82) is 0 Å². The Morgan fingerprint density at radius 3 is 2.27 bits per heavy atom. The van der Waals surface area contributed by atoms with Crippen molar-refractivity contribution < 1.29 is 9.18 Å². The molecule has 4 rings (SSSR count). The van der Waals surface area contributed by atoms with Gasteiger partial charge in [0.25, 0.3) is 5.91 Å². The first-order valence-electron chi connectivity index (χ1n) is 9.00. The molecule has 3 aromatic rings. The van der Waals surface area contributed by atoms with Gasteiger partial charge in [-0.2, -0.15) is 5.10 Å². The maximum atomic E-state index is 13.3. The molecule has 0 aliphatic carbocycles. The number of carbonyl (C=O) groups excluding carboxylic acids is 1. The Balaban J connectivity index is 1.77. The number of carbonyl (C=O) groups is 1. The van der Waals surface area contributed by atoms with E-state index >= 15 is 0 Å². The van der Waals surface area contributed by atoms with E-state index in [2.05, 4.69) is 5.10 Å². The van der Waals surface area contributed by atoms with Crippen LogP contribution in [0.4, 0.5) is 4.39 Å². The molecule has 1 saturated heterocycles. The molecule has 2 aromatic heterocycles. The third-order valence-electron chi connectivity index (χ3n) is 4.79. The van der Waals surface area contributed by atoms with Gasteiger partial charge < -0.3 is 9.47 Å². The van der Waals surface area contributed by atoms with Crippen molar-refractivity contribution in [3.05, 3.63) is 66.4 Å². The van der Waals surface area contributed by atoms with Gasteiger partial charge in [-0.3, -0.25) is 4.79 Å². The van der Waals surface area contributed by atoms with Crippen LogP contribution >= 0.6 is 0 Å². The summed E-state index contributed by atoms with van der Waals surface area (Å²) < 4.78 is 16.9. The Morgan fingerprint density at radius 1 is 0.962 bits per heavy atom. The molecule has 5 nitrogen and oxygen atoms in total. The van der Waals surface area contributed by atoms with Crippen molar-refractivity contribution in [2.75, 3.05) is 13.1 Å². The van der Waals surface area contributed by atoms with Crippen LogP contribution in [0.3, 0.4) is 0 Å². The van der Waals surface area contributed by atoms with E-state index in [0.717, 1.165) is 25.9 Å². The third-order valence-corrected chi connectivity index (χ3v) is 4.79. The molecule has 26 heavy (non-hydrogen) atoms. The first-order chi connectivity index (χ1) is 12.7. The SMILES string of the molecule is O=C(c1cnn(-c2ccc(F)cc2)c1-n1cccc1)N1CCCCCC1. The van der Waals surface area contributed by atoms with Gasteiger partial charge in [-0.15, -0.1) is 0 Å². The molecule has 0 spiro atoms. The van der Waals surface area contributed by atoms with Gasteiger partial charge in [-0.05, 0) is 49.2 Å². The van der Waals surface area contributed by atoms with Crippen LogP contribution in [0.1, 0.15) is 36.0 Å². The maximum Gasteiger partial charge on any atom is 0.259 e. The van der Waals surface area contributed by atoms with Crippen molar-refractivity contribution in [2.24, 2.45) is 0 Å². The second-order valence-electron chi connectivity index (χ2n) is 6.57. The van der Waals surface area contributed by atoms with Crippen LogP contribution in [-0.2, 0) is 0 Å². The first kappa shape index (κ1) is 16.6. The van der Waals surface area contributed by atoms with Crippen LogP contribution in [0, 0.1) is 5.82 Å². The molecule has 1 aliphatic rings. The fourth-order valence-electron chi connectivity index (χ4n) is 3.43. The van der Waals surface area contributed by atoms with E-state index < -0.39 is 0 Å². The number of likely N-dealkylation sites (tertiary alicyclic amines) is 1. The molecule has 1 aromatic carbocycles. The quantitative estimate of drug-likeness (QED) is 0.719. The first-order valence-corrected chi connectivity index (χ1v) is 9.00. The van der Waals surface area contributed by atoms with E-state index in [9.17, 15) is 9.18 Å². The summed E-state index contributed by atoms with van der Waals surface area (Å²) in [6.45, 7) is 1.57. The van der Waals surface area contributed by atoms with Crippen LogP contribution in [-0.4, -0.2) is 38.2 Å². The van der Waals surface area contributed by atoms with Gasteiger partial charge in [0.15, 0.2) is 5.82 Å². The molecule has 0 atom stereocenters. The molecule has 6 heteroatoms. The lowest BCUT2D eigenvalue weighted by atomic mass is 10.2. The summed E-state index contributed by atoms with van der Waals surface area (Å²) in [6.07, 6.45) is 9.80. The number of aromatic nitrogens is 3. The summed E-state index contributed by atoms with van der Waals surface area (Å²) in [4.78, 5) is 15.1. The maximum absolute atomic E-state index is 13.3. The summed E-state index contributed by atoms with van der Waals surface area (Å²) in [7, 11) is 0. The highest BCUT2D eigenvalue weighted by molar-refractivity contribution is 5.97. The van der Waals surface area contributed by atoms with E-state index in [1.165, 1.54) is 25.0 Å². The Morgan fingerprint density at radius 2 is 1.62 bits per heavy atom. The fourth-order valence-corrected chi connectivity index (χ4v) is 3.43. The molecule has 0 N–H and O–H groups in total. The summed E-state index contributed by atoms with van der Waals surface area (Å²) in [5, 5.41) is 4.44. The zero-order chi connectivity index (χ0) is 17.9. The molecule has 0 bridgehead atoms. The molecular weight excluding hydrogens is 331 g/mol. The van der Waals surface area contributed by atoms with Gasteiger partial charge in [0.1, 0.15) is 11.4 Å². The highest BCUT2D eigenvalue weighted by Gasteiger charge is 2.24. The van der Waals surface area contributed by atoms with Crippen LogP contribution < -0.4 is 0 Å². The van der Waals surface area contributed by atoms with Crippen LogP contribution in [0.15, 0.2) is 55.0 Å². The van der Waals surface area contributed by atoms with Crippen molar-refractivity contribution in [3.63, 3.8) is 0 Å². The average molecular weight is 352 g/mol. The molecule has 0 unspecified atom stereocenters. The highest BCUT2D eigenvalue weighted by atomic mass is 19.1. The van der Waals surface area contributed by atoms with Gasteiger partial charge in [0, 0.05) is 25.5 Å². The van der Waals surface area contributed by atoms with E-state index in [-0.39, 0.29) is 11.7 Å². The van der Waals surface area contributed by atoms with Crippen molar-refractivity contribution >= 4 is 5.91 Å². The zero-order valence-electron chi connectivity index (χ0n) is 14.5. The number of nitrogens with zero attached hydrogens (tertiary/aromatic N) is 4. The fraction of sp³-hybridized carbons (Fsp3) is 0.300. The second kappa shape index (κ2) is 7.15. The van der Waals surface area contributed by atoms with Gasteiger partial charge in [-0.25, -0.2) is 9.07 Å². The summed E-state index contributed by atoms with van der Waals surface area (Å²) in [5.74, 6) is 0.379. The third kappa shape index (κ3) is 3.14. The smallest absolute Gasteiger partial charge is 0.259 e. The van der Waals surface area contributed by atoms with Crippen LogP contribution in [0.25, 0.3) is 11.5 Å². The van der Waals surface area contributed by atoms with Crippen molar-refractivity contribution in [3.8, 4) is 11.5 Å². The molecule has 1 aliphatic heterocycles. The Hall–Kier alpha value is -2.89. The lowest BCUT2D eigenvalue weighted by Gasteiger charge is -2.20. The van der Waals surface area contributed by atoms with Gasteiger partial charge in [0.2, 0.25) is 0 Å². The van der Waals surface area contributed by atoms with Gasteiger partial charge >= 0.3 is 0 Å². The predicted octanol–water partition coefficient (Wildman–Crippen LogP) is 3.82. The monoisotopic (exact) mass is 352 g/mol. The number of hydrogen-bond donors (Lipinski definition) is 0. The predicted molar refractivity (Wildman–Crippen MR) is 97.2 cm³/mol. The van der Waals surface area contributed by atoms with E-state index in [0.29, 0.717) is 17.1 Å². The largest absolute Gasteiger partial charge is 0.338 e. The van der Waals surface area contributed by atoms with Crippen LogP contribution in [0.5, 0.6) is 0 Å². The standard InChI is InChI=1S/C20H21FN4O/c21-16-7-9-17(10-8-16)25-19(23-11-5-6-12-23)18(15-22-25)20(26)24-13-3-1-2-4-14-24/h5-12,15H,1-4,13-14H2. The molecule has 1 fully saturated rings. The molecular formula is C20H21FN4O. The molecule has 134 valence electrons. The van der Waals surface area contributed by atoms with E-state index in [1.54, 1.807) is 23.0 Å². The molecule has 1 amide bonds.